The van der Waals surface area contributed by atoms with Gasteiger partial charge in [0.15, 0.2) is 17.5 Å². The molecule has 0 bridgehead atoms. The molecule has 1 unspecified atom stereocenters. The molecule has 0 aromatic heterocycles. The summed E-state index contributed by atoms with van der Waals surface area (Å²) in [6.45, 7) is 4.92. The zero-order chi connectivity index (χ0) is 17.9. The van der Waals surface area contributed by atoms with Crippen molar-refractivity contribution in [1.82, 2.24) is 10.6 Å². The van der Waals surface area contributed by atoms with E-state index >= 15 is 0 Å². The van der Waals surface area contributed by atoms with Crippen LogP contribution in [0.25, 0.3) is 0 Å². The van der Waals surface area contributed by atoms with Crippen LogP contribution in [0.4, 0.5) is 0 Å². The van der Waals surface area contributed by atoms with Crippen LogP contribution in [0.3, 0.4) is 0 Å². The van der Waals surface area contributed by atoms with Gasteiger partial charge in [0.1, 0.15) is 0 Å². The van der Waals surface area contributed by atoms with E-state index < -0.39 is 0 Å². The Morgan fingerprint density at radius 1 is 1.20 bits per heavy atom. The first kappa shape index (κ1) is 23.6. The molecule has 0 aliphatic carbocycles. The monoisotopic (exact) mass is 465 g/mol. The smallest absolute Gasteiger partial charge is 0.200 e. The number of rotatable bonds is 9. The van der Waals surface area contributed by atoms with Gasteiger partial charge in [0, 0.05) is 19.6 Å². The standard InChI is InChI=1S/C18H31N3O3.HI/c1-6-7-8-9-13(2)21-18(19-3)20-12-14-10-15(23-4)17(22)16(11-14)24-5;/h10-11,13,22H,6-9,12H2,1-5H3,(H2,19,20,21);1H. The van der Waals surface area contributed by atoms with E-state index in [1.165, 1.54) is 33.5 Å². The Kier molecular flexibility index (Phi) is 12.2. The number of hydrogen-bond donors (Lipinski definition) is 3. The van der Waals surface area contributed by atoms with Gasteiger partial charge < -0.3 is 25.2 Å². The molecule has 0 saturated heterocycles. The maximum absolute atomic E-state index is 9.95. The predicted molar refractivity (Wildman–Crippen MR) is 114 cm³/mol. The van der Waals surface area contributed by atoms with Gasteiger partial charge in [0.2, 0.25) is 5.75 Å². The zero-order valence-corrected chi connectivity index (χ0v) is 18.2. The van der Waals surface area contributed by atoms with Crippen molar-refractivity contribution in [1.29, 1.82) is 0 Å². The normalized spacial score (nSPS) is 12.1. The second kappa shape index (κ2) is 12.9. The van der Waals surface area contributed by atoms with Crippen LogP contribution in [0.5, 0.6) is 17.2 Å². The number of aliphatic imine (C=N–C) groups is 1. The summed E-state index contributed by atoms with van der Waals surface area (Å²) in [5.41, 5.74) is 0.933. The molecule has 6 nitrogen and oxygen atoms in total. The molecule has 0 radical (unpaired) electrons. The number of benzene rings is 1. The van der Waals surface area contributed by atoms with Gasteiger partial charge in [-0.3, -0.25) is 4.99 Å². The van der Waals surface area contributed by atoms with Crippen molar-refractivity contribution in [2.75, 3.05) is 21.3 Å². The molecule has 7 heteroatoms. The molecule has 0 aliphatic heterocycles. The molecule has 0 heterocycles. The summed E-state index contributed by atoms with van der Waals surface area (Å²) in [4.78, 5) is 4.26. The lowest BCUT2D eigenvalue weighted by molar-refractivity contribution is 0.339. The third-order valence-electron chi connectivity index (χ3n) is 3.85. The minimum atomic E-state index is 0. The Labute approximate surface area is 168 Å². The fourth-order valence-electron chi connectivity index (χ4n) is 2.44. The van der Waals surface area contributed by atoms with Crippen LogP contribution in [0.1, 0.15) is 45.1 Å². The topological polar surface area (TPSA) is 75.1 Å². The fraction of sp³-hybridized carbons (Fsp3) is 0.611. The van der Waals surface area contributed by atoms with Crippen molar-refractivity contribution in [3.8, 4) is 17.2 Å². The molecule has 1 aromatic carbocycles. The van der Waals surface area contributed by atoms with Gasteiger partial charge in [-0.2, -0.15) is 0 Å². The van der Waals surface area contributed by atoms with Gasteiger partial charge in [-0.25, -0.2) is 0 Å². The minimum absolute atomic E-state index is 0. The van der Waals surface area contributed by atoms with Crippen LogP contribution in [-0.2, 0) is 6.54 Å². The van der Waals surface area contributed by atoms with Gasteiger partial charge in [-0.15, -0.1) is 24.0 Å². The Morgan fingerprint density at radius 2 is 1.80 bits per heavy atom. The van der Waals surface area contributed by atoms with Gasteiger partial charge >= 0.3 is 0 Å². The van der Waals surface area contributed by atoms with Crippen LogP contribution < -0.4 is 20.1 Å². The first-order chi connectivity index (χ1) is 11.5. The summed E-state index contributed by atoms with van der Waals surface area (Å²) in [7, 11) is 4.79. The molecule has 3 N–H and O–H groups in total. The SMILES string of the molecule is CCCCCC(C)NC(=NC)NCc1cc(OC)c(O)c(OC)c1.I. The maximum atomic E-state index is 9.95. The Balaban J connectivity index is 0.00000576. The first-order valence-corrected chi connectivity index (χ1v) is 8.46. The molecule has 1 atom stereocenters. The lowest BCUT2D eigenvalue weighted by Gasteiger charge is -2.18. The minimum Gasteiger partial charge on any atom is -0.502 e. The number of methoxy groups -OCH3 is 2. The third kappa shape index (κ3) is 8.02. The number of nitrogens with one attached hydrogen (secondary N) is 2. The number of hydrogen-bond acceptors (Lipinski definition) is 4. The van der Waals surface area contributed by atoms with Gasteiger partial charge in [0.25, 0.3) is 0 Å². The summed E-state index contributed by atoms with van der Waals surface area (Å²) >= 11 is 0. The van der Waals surface area contributed by atoms with E-state index in [0.29, 0.717) is 24.1 Å². The maximum Gasteiger partial charge on any atom is 0.200 e. The highest BCUT2D eigenvalue weighted by Crippen LogP contribution is 2.36. The third-order valence-corrected chi connectivity index (χ3v) is 3.85. The van der Waals surface area contributed by atoms with Crippen LogP contribution in [0.2, 0.25) is 0 Å². The number of guanidine groups is 1. The highest BCUT2D eigenvalue weighted by atomic mass is 127. The Morgan fingerprint density at radius 3 is 2.28 bits per heavy atom. The largest absolute Gasteiger partial charge is 0.502 e. The lowest BCUT2D eigenvalue weighted by atomic mass is 10.1. The summed E-state index contributed by atoms with van der Waals surface area (Å²) in [6, 6.07) is 3.93. The van der Waals surface area contributed by atoms with Crippen molar-refractivity contribution < 1.29 is 14.6 Å². The molecule has 0 aliphatic rings. The predicted octanol–water partition coefficient (Wildman–Crippen LogP) is 3.66. The number of unbranched alkanes of at least 4 members (excludes halogenated alkanes) is 2. The summed E-state index contributed by atoms with van der Waals surface area (Å²) in [5, 5.41) is 16.6. The number of nitrogens with zero attached hydrogens (tertiary/aromatic N) is 1. The van der Waals surface area contributed by atoms with E-state index in [4.69, 9.17) is 9.47 Å². The quantitative estimate of drug-likeness (QED) is 0.225. The van der Waals surface area contributed by atoms with E-state index in [2.05, 4.69) is 29.5 Å². The molecule has 1 aromatic rings. The molecule has 0 saturated carbocycles. The molecule has 0 amide bonds. The number of phenols is 1. The van der Waals surface area contributed by atoms with Gasteiger partial charge in [-0.1, -0.05) is 26.2 Å². The van der Waals surface area contributed by atoms with E-state index in [1.54, 1.807) is 19.2 Å². The van der Waals surface area contributed by atoms with Crippen molar-refractivity contribution in [3.63, 3.8) is 0 Å². The zero-order valence-electron chi connectivity index (χ0n) is 15.9. The fourth-order valence-corrected chi connectivity index (χ4v) is 2.44. The van der Waals surface area contributed by atoms with Crippen LogP contribution >= 0.6 is 24.0 Å². The molecular formula is C18H32IN3O3. The van der Waals surface area contributed by atoms with Gasteiger partial charge in [-0.05, 0) is 31.0 Å². The number of halogens is 1. The Bertz CT molecular complexity index is 513. The summed E-state index contributed by atoms with van der Waals surface area (Å²) in [6.07, 6.45) is 4.82. The Hall–Kier alpha value is -1.38. The average molecular weight is 465 g/mol. The van der Waals surface area contributed by atoms with Crippen LogP contribution in [0.15, 0.2) is 17.1 Å². The van der Waals surface area contributed by atoms with Crippen molar-refractivity contribution in [2.45, 2.75) is 52.1 Å². The lowest BCUT2D eigenvalue weighted by Crippen LogP contribution is -2.41. The second-order valence-electron chi connectivity index (χ2n) is 5.82. The highest BCUT2D eigenvalue weighted by molar-refractivity contribution is 14.0. The molecule has 144 valence electrons. The number of phenolic OH excluding ortho intramolecular Hbond substituents is 1. The van der Waals surface area contributed by atoms with E-state index in [9.17, 15) is 5.11 Å². The summed E-state index contributed by atoms with van der Waals surface area (Å²) < 4.78 is 10.4. The molecule has 0 spiro atoms. The summed E-state index contributed by atoms with van der Waals surface area (Å²) in [5.74, 6) is 1.55. The molecular weight excluding hydrogens is 433 g/mol. The van der Waals surface area contributed by atoms with Crippen LogP contribution in [-0.4, -0.2) is 38.4 Å². The molecule has 1 rings (SSSR count). The van der Waals surface area contributed by atoms with E-state index in [1.807, 2.05) is 0 Å². The second-order valence-corrected chi connectivity index (χ2v) is 5.82. The highest BCUT2D eigenvalue weighted by Gasteiger charge is 2.12. The van der Waals surface area contributed by atoms with Crippen LogP contribution in [0, 0.1) is 0 Å². The van der Waals surface area contributed by atoms with Gasteiger partial charge in [0.05, 0.1) is 14.2 Å². The number of ether oxygens (including phenoxy) is 2. The van der Waals surface area contributed by atoms with E-state index in [0.717, 1.165) is 17.9 Å². The molecule has 25 heavy (non-hydrogen) atoms. The van der Waals surface area contributed by atoms with E-state index in [-0.39, 0.29) is 29.7 Å². The molecule has 0 fully saturated rings. The first-order valence-electron chi connectivity index (χ1n) is 8.46. The van der Waals surface area contributed by atoms with Crippen molar-refractivity contribution in [3.05, 3.63) is 17.7 Å². The van der Waals surface area contributed by atoms with Crippen molar-refractivity contribution in [2.24, 2.45) is 4.99 Å². The number of aromatic hydroxyl groups is 1. The van der Waals surface area contributed by atoms with Crippen molar-refractivity contribution >= 4 is 29.9 Å². The average Bonchev–Trinajstić information content (AvgIpc) is 2.59.